The molecule has 2 N–H and O–H groups in total. The number of hydrogen-bond acceptors (Lipinski definition) is 3. The van der Waals surface area contributed by atoms with E-state index < -0.39 is 11.7 Å². The Balaban J connectivity index is 2.75. The summed E-state index contributed by atoms with van der Waals surface area (Å²) >= 11 is 0. The number of benzene rings is 1. The molecular formula is C10H8N2O2. The molecule has 0 aliphatic heterocycles. The second kappa shape index (κ2) is 4.19. The number of carbonyl (C=O) groups excluding carboxylic acids is 2. The second-order valence-electron chi connectivity index (χ2n) is 2.77. The molecule has 0 spiro atoms. The second-order valence-corrected chi connectivity index (χ2v) is 2.77. The van der Waals surface area contributed by atoms with Crippen molar-refractivity contribution in [3.63, 3.8) is 0 Å². The zero-order chi connectivity index (χ0) is 10.6. The van der Waals surface area contributed by atoms with Gasteiger partial charge in [-0.3, -0.25) is 9.59 Å². The van der Waals surface area contributed by atoms with E-state index in [1.54, 1.807) is 24.3 Å². The van der Waals surface area contributed by atoms with E-state index in [0.29, 0.717) is 11.1 Å². The van der Waals surface area contributed by atoms with Crippen LogP contribution in [0, 0.1) is 11.3 Å². The van der Waals surface area contributed by atoms with E-state index in [-0.39, 0.29) is 6.42 Å². The summed E-state index contributed by atoms with van der Waals surface area (Å²) in [5.74, 6) is -1.57. The summed E-state index contributed by atoms with van der Waals surface area (Å²) in [6.07, 6.45) is -0.0129. The molecule has 0 aliphatic carbocycles. The van der Waals surface area contributed by atoms with Crippen molar-refractivity contribution in [3.05, 3.63) is 35.4 Å². The molecule has 1 amide bonds. The average molecular weight is 188 g/mol. The van der Waals surface area contributed by atoms with Crippen molar-refractivity contribution in [1.82, 2.24) is 0 Å². The fourth-order valence-corrected chi connectivity index (χ4v) is 0.970. The fraction of sp³-hybridized carbons (Fsp3) is 0.100. The van der Waals surface area contributed by atoms with Crippen molar-refractivity contribution >= 4 is 11.7 Å². The third kappa shape index (κ3) is 2.42. The first-order chi connectivity index (χ1) is 6.63. The summed E-state index contributed by atoms with van der Waals surface area (Å²) < 4.78 is 0. The lowest BCUT2D eigenvalue weighted by atomic mass is 10.1. The van der Waals surface area contributed by atoms with Gasteiger partial charge in [-0.2, -0.15) is 5.26 Å². The van der Waals surface area contributed by atoms with E-state index in [1.807, 2.05) is 6.07 Å². The molecule has 1 aromatic rings. The Morgan fingerprint density at radius 2 is 1.86 bits per heavy atom. The quantitative estimate of drug-likeness (QED) is 0.685. The van der Waals surface area contributed by atoms with Gasteiger partial charge in [0.25, 0.3) is 5.91 Å². The van der Waals surface area contributed by atoms with Crippen molar-refractivity contribution in [3.8, 4) is 6.07 Å². The molecule has 70 valence electrons. The molecule has 0 atom stereocenters. The highest BCUT2D eigenvalue weighted by Gasteiger charge is 2.09. The minimum absolute atomic E-state index is 0.0129. The van der Waals surface area contributed by atoms with Crippen LogP contribution in [0.2, 0.25) is 0 Å². The van der Waals surface area contributed by atoms with E-state index in [4.69, 9.17) is 11.0 Å². The van der Waals surface area contributed by atoms with E-state index in [9.17, 15) is 9.59 Å². The lowest BCUT2D eigenvalue weighted by Crippen LogP contribution is -2.24. The normalized spacial score (nSPS) is 9.07. The third-order valence-electron chi connectivity index (χ3n) is 1.72. The van der Waals surface area contributed by atoms with Gasteiger partial charge in [0.05, 0.1) is 11.6 Å². The number of hydrogen-bond donors (Lipinski definition) is 1. The first-order valence-corrected chi connectivity index (χ1v) is 3.95. The number of nitrogens with two attached hydrogens (primary N) is 1. The lowest BCUT2D eigenvalue weighted by molar-refractivity contribution is -0.135. The van der Waals surface area contributed by atoms with E-state index in [1.165, 1.54) is 0 Å². The van der Waals surface area contributed by atoms with Crippen LogP contribution in [-0.4, -0.2) is 11.7 Å². The van der Waals surface area contributed by atoms with E-state index in [2.05, 4.69) is 0 Å². The Kier molecular flexibility index (Phi) is 2.97. The Morgan fingerprint density at radius 3 is 2.29 bits per heavy atom. The van der Waals surface area contributed by atoms with Crippen LogP contribution in [-0.2, 0) is 16.0 Å². The van der Waals surface area contributed by atoms with Gasteiger partial charge in [0.15, 0.2) is 0 Å². The SMILES string of the molecule is N#Cc1ccc(CC(=O)C(N)=O)cc1. The molecular weight excluding hydrogens is 180 g/mol. The molecule has 0 fully saturated rings. The Morgan fingerprint density at radius 1 is 1.29 bits per heavy atom. The van der Waals surface area contributed by atoms with Crippen LogP contribution in [0.5, 0.6) is 0 Å². The monoisotopic (exact) mass is 188 g/mol. The largest absolute Gasteiger partial charge is 0.363 e. The van der Waals surface area contributed by atoms with Gasteiger partial charge in [0, 0.05) is 6.42 Å². The van der Waals surface area contributed by atoms with Crippen LogP contribution >= 0.6 is 0 Å². The molecule has 0 bridgehead atoms. The zero-order valence-electron chi connectivity index (χ0n) is 7.36. The minimum atomic E-state index is -0.936. The molecule has 0 saturated carbocycles. The van der Waals surface area contributed by atoms with Gasteiger partial charge >= 0.3 is 0 Å². The average Bonchev–Trinajstić information content (AvgIpc) is 2.19. The van der Waals surface area contributed by atoms with Crippen LogP contribution in [0.1, 0.15) is 11.1 Å². The Bertz CT molecular complexity index is 401. The smallest absolute Gasteiger partial charge is 0.285 e. The molecule has 14 heavy (non-hydrogen) atoms. The summed E-state index contributed by atoms with van der Waals surface area (Å²) in [4.78, 5) is 21.4. The molecule has 0 aromatic heterocycles. The predicted molar refractivity (Wildman–Crippen MR) is 49.1 cm³/mol. The Labute approximate surface area is 80.9 Å². The predicted octanol–water partition coefficient (Wildman–Crippen LogP) is 0.155. The number of primary amides is 1. The topological polar surface area (TPSA) is 83.9 Å². The fourth-order valence-electron chi connectivity index (χ4n) is 0.970. The van der Waals surface area contributed by atoms with Gasteiger partial charge in [-0.25, -0.2) is 0 Å². The number of nitrogens with zero attached hydrogens (tertiary/aromatic N) is 1. The van der Waals surface area contributed by atoms with Crippen molar-refractivity contribution in [2.24, 2.45) is 5.73 Å². The summed E-state index contributed by atoms with van der Waals surface area (Å²) in [6, 6.07) is 8.38. The molecule has 1 aromatic carbocycles. The molecule has 0 aliphatic rings. The molecule has 4 nitrogen and oxygen atoms in total. The van der Waals surface area contributed by atoms with Gasteiger partial charge in [-0.15, -0.1) is 0 Å². The van der Waals surface area contributed by atoms with Gasteiger partial charge in [-0.05, 0) is 17.7 Å². The number of carbonyl (C=O) groups is 2. The van der Waals surface area contributed by atoms with Crippen LogP contribution in [0.3, 0.4) is 0 Å². The number of rotatable bonds is 3. The van der Waals surface area contributed by atoms with Crippen LogP contribution < -0.4 is 5.73 Å². The highest BCUT2D eigenvalue weighted by molar-refractivity contribution is 6.35. The van der Waals surface area contributed by atoms with Crippen molar-refractivity contribution in [2.75, 3.05) is 0 Å². The lowest BCUT2D eigenvalue weighted by Gasteiger charge is -1.97. The maximum absolute atomic E-state index is 10.9. The first-order valence-electron chi connectivity index (χ1n) is 3.95. The number of amides is 1. The van der Waals surface area contributed by atoms with Crippen LogP contribution in [0.25, 0.3) is 0 Å². The number of nitriles is 1. The Hall–Kier alpha value is -2.15. The van der Waals surface area contributed by atoms with E-state index >= 15 is 0 Å². The van der Waals surface area contributed by atoms with Crippen LogP contribution in [0.4, 0.5) is 0 Å². The summed E-state index contributed by atoms with van der Waals surface area (Å²) in [5.41, 5.74) is 5.99. The van der Waals surface area contributed by atoms with Crippen LogP contribution in [0.15, 0.2) is 24.3 Å². The summed E-state index contributed by atoms with van der Waals surface area (Å²) in [7, 11) is 0. The van der Waals surface area contributed by atoms with E-state index in [0.717, 1.165) is 0 Å². The third-order valence-corrected chi connectivity index (χ3v) is 1.72. The maximum atomic E-state index is 10.9. The molecule has 0 saturated heterocycles. The highest BCUT2D eigenvalue weighted by atomic mass is 16.2. The van der Waals surface area contributed by atoms with Crippen molar-refractivity contribution in [1.29, 1.82) is 5.26 Å². The standard InChI is InChI=1S/C10H8N2O2/c11-6-8-3-1-7(2-4-8)5-9(13)10(12)14/h1-4H,5H2,(H2,12,14). The first kappa shape index (κ1) is 9.93. The minimum Gasteiger partial charge on any atom is -0.363 e. The molecule has 0 heterocycles. The number of ketones is 1. The zero-order valence-corrected chi connectivity index (χ0v) is 7.36. The molecule has 4 heteroatoms. The molecule has 1 rings (SSSR count). The van der Waals surface area contributed by atoms with Gasteiger partial charge < -0.3 is 5.73 Å². The highest BCUT2D eigenvalue weighted by Crippen LogP contribution is 2.04. The molecule has 0 radical (unpaired) electrons. The van der Waals surface area contributed by atoms with Gasteiger partial charge in [0.1, 0.15) is 0 Å². The molecule has 0 unspecified atom stereocenters. The van der Waals surface area contributed by atoms with Gasteiger partial charge in [0.2, 0.25) is 5.78 Å². The summed E-state index contributed by atoms with van der Waals surface area (Å²) in [5, 5.41) is 8.51. The van der Waals surface area contributed by atoms with Crippen molar-refractivity contribution in [2.45, 2.75) is 6.42 Å². The van der Waals surface area contributed by atoms with Gasteiger partial charge in [-0.1, -0.05) is 12.1 Å². The summed E-state index contributed by atoms with van der Waals surface area (Å²) in [6.45, 7) is 0. The maximum Gasteiger partial charge on any atom is 0.285 e. The van der Waals surface area contributed by atoms with Crippen molar-refractivity contribution < 1.29 is 9.59 Å². The number of Topliss-reactive ketones (excluding diaryl/α,β-unsaturated/α-hetero) is 1.